The van der Waals surface area contributed by atoms with Crippen molar-refractivity contribution in [3.05, 3.63) is 59.4 Å². The molecular weight excluding hydrogens is 328 g/mol. The zero-order chi connectivity index (χ0) is 17.6. The summed E-state index contributed by atoms with van der Waals surface area (Å²) in [7, 11) is 1.34. The predicted octanol–water partition coefficient (Wildman–Crippen LogP) is 2.85. The number of amides is 1. The summed E-state index contributed by atoms with van der Waals surface area (Å²) in [5.41, 5.74) is 1.34. The molecule has 1 aliphatic rings. The Morgan fingerprint density at radius 2 is 1.92 bits per heavy atom. The van der Waals surface area contributed by atoms with Crippen LogP contribution in [0.5, 0.6) is 5.75 Å². The van der Waals surface area contributed by atoms with Gasteiger partial charge in [0.25, 0.3) is 0 Å². The molecule has 5 nitrogen and oxygen atoms in total. The third-order valence-electron chi connectivity index (χ3n) is 4.54. The number of methoxy groups -OCH3 is 1. The van der Waals surface area contributed by atoms with Gasteiger partial charge in [-0.05, 0) is 12.1 Å². The molecule has 1 aliphatic heterocycles. The lowest BCUT2D eigenvalue weighted by Crippen LogP contribution is -2.19. The Morgan fingerprint density at radius 1 is 1.20 bits per heavy atom. The molecule has 1 amide bonds. The Morgan fingerprint density at radius 3 is 2.60 bits per heavy atom. The predicted molar refractivity (Wildman–Crippen MR) is 87.5 cm³/mol. The monoisotopic (exact) mass is 343 g/mol. The molecule has 3 aromatic rings. The van der Waals surface area contributed by atoms with Gasteiger partial charge in [-0.15, -0.1) is 0 Å². The number of para-hydroxylation sites is 2. The van der Waals surface area contributed by atoms with Crippen LogP contribution in [-0.4, -0.2) is 29.5 Å². The van der Waals surface area contributed by atoms with Crippen molar-refractivity contribution in [2.45, 2.75) is 11.8 Å². The SMILES string of the molecule is COc1cc(F)c([C@@H]2CNC(=O)[C@H]2c2nc3ccccc3[nH]2)c(F)c1. The zero-order valence-electron chi connectivity index (χ0n) is 13.3. The average molecular weight is 343 g/mol. The van der Waals surface area contributed by atoms with E-state index in [1.54, 1.807) is 0 Å². The highest BCUT2D eigenvalue weighted by Gasteiger charge is 2.41. The molecule has 25 heavy (non-hydrogen) atoms. The normalized spacial score (nSPS) is 20.0. The number of ether oxygens (including phenoxy) is 1. The number of rotatable bonds is 3. The molecule has 0 saturated carbocycles. The number of hydrogen-bond donors (Lipinski definition) is 2. The fourth-order valence-electron chi connectivity index (χ4n) is 3.36. The number of fused-ring (bicyclic) bond motifs is 1. The smallest absolute Gasteiger partial charge is 0.231 e. The van der Waals surface area contributed by atoms with Crippen molar-refractivity contribution in [3.8, 4) is 5.75 Å². The van der Waals surface area contributed by atoms with Crippen LogP contribution in [-0.2, 0) is 4.79 Å². The molecule has 0 unspecified atom stereocenters. The molecule has 2 atom stereocenters. The molecule has 2 heterocycles. The summed E-state index contributed by atoms with van der Waals surface area (Å²) < 4.78 is 33.8. The molecule has 7 heteroatoms. The van der Waals surface area contributed by atoms with Crippen molar-refractivity contribution in [1.82, 2.24) is 15.3 Å². The van der Waals surface area contributed by atoms with Crippen molar-refractivity contribution < 1.29 is 18.3 Å². The molecule has 0 aliphatic carbocycles. The molecule has 4 rings (SSSR count). The van der Waals surface area contributed by atoms with Crippen LogP contribution in [0, 0.1) is 11.6 Å². The van der Waals surface area contributed by atoms with Gasteiger partial charge in [0, 0.05) is 30.2 Å². The third-order valence-corrected chi connectivity index (χ3v) is 4.54. The van der Waals surface area contributed by atoms with Crippen molar-refractivity contribution >= 4 is 16.9 Å². The van der Waals surface area contributed by atoms with E-state index >= 15 is 0 Å². The number of halogens is 2. The van der Waals surface area contributed by atoms with Crippen LogP contribution in [0.25, 0.3) is 11.0 Å². The largest absolute Gasteiger partial charge is 0.497 e. The lowest BCUT2D eigenvalue weighted by atomic mass is 9.87. The standard InChI is InChI=1S/C18H15F2N3O2/c1-25-9-6-11(19)15(12(20)7-9)10-8-21-18(24)16(10)17-22-13-4-2-3-5-14(13)23-17/h2-7,10,16H,8H2,1H3,(H,21,24)(H,22,23)/t10-,16+/m0/s1. The highest BCUT2D eigenvalue weighted by atomic mass is 19.1. The lowest BCUT2D eigenvalue weighted by molar-refractivity contribution is -0.120. The summed E-state index contributed by atoms with van der Waals surface area (Å²) in [6, 6.07) is 9.57. The summed E-state index contributed by atoms with van der Waals surface area (Å²) >= 11 is 0. The maximum atomic E-state index is 14.5. The van der Waals surface area contributed by atoms with Crippen molar-refractivity contribution in [2.24, 2.45) is 0 Å². The fourth-order valence-corrected chi connectivity index (χ4v) is 3.36. The van der Waals surface area contributed by atoms with Crippen molar-refractivity contribution in [3.63, 3.8) is 0 Å². The van der Waals surface area contributed by atoms with Crippen LogP contribution in [0.3, 0.4) is 0 Å². The number of nitrogens with one attached hydrogen (secondary N) is 2. The summed E-state index contributed by atoms with van der Waals surface area (Å²) in [6.45, 7) is 0.140. The number of carbonyl (C=O) groups excluding carboxylic acids is 1. The molecule has 1 fully saturated rings. The first kappa shape index (κ1) is 15.6. The molecule has 2 N–H and O–H groups in total. The van der Waals surface area contributed by atoms with E-state index in [-0.39, 0.29) is 23.8 Å². The van der Waals surface area contributed by atoms with Gasteiger partial charge < -0.3 is 15.0 Å². The van der Waals surface area contributed by atoms with Gasteiger partial charge in [-0.3, -0.25) is 4.79 Å². The fraction of sp³-hybridized carbons (Fsp3) is 0.222. The molecule has 1 aromatic heterocycles. The summed E-state index contributed by atoms with van der Waals surface area (Å²) in [6.07, 6.45) is 0. The topological polar surface area (TPSA) is 67.0 Å². The molecule has 1 saturated heterocycles. The second-order valence-corrected chi connectivity index (χ2v) is 5.97. The summed E-state index contributed by atoms with van der Waals surface area (Å²) in [5, 5.41) is 2.68. The van der Waals surface area contributed by atoms with Crippen molar-refractivity contribution in [1.29, 1.82) is 0 Å². The van der Waals surface area contributed by atoms with Gasteiger partial charge in [0.2, 0.25) is 5.91 Å². The number of aromatic nitrogens is 2. The van der Waals surface area contributed by atoms with Gasteiger partial charge in [-0.25, -0.2) is 13.8 Å². The summed E-state index contributed by atoms with van der Waals surface area (Å²) in [5.74, 6) is -2.77. The Hall–Kier alpha value is -2.96. The second kappa shape index (κ2) is 5.84. The van der Waals surface area contributed by atoms with Crippen LogP contribution in [0.2, 0.25) is 0 Å². The van der Waals surface area contributed by atoms with E-state index in [2.05, 4.69) is 15.3 Å². The van der Waals surface area contributed by atoms with E-state index in [0.717, 1.165) is 17.6 Å². The highest BCUT2D eigenvalue weighted by molar-refractivity contribution is 5.88. The first-order valence-electron chi connectivity index (χ1n) is 7.83. The maximum Gasteiger partial charge on any atom is 0.231 e. The van der Waals surface area contributed by atoms with Crippen LogP contribution in [0.15, 0.2) is 36.4 Å². The van der Waals surface area contributed by atoms with Gasteiger partial charge in [-0.1, -0.05) is 12.1 Å². The minimum Gasteiger partial charge on any atom is -0.497 e. The number of H-pyrrole nitrogens is 1. The van der Waals surface area contributed by atoms with E-state index in [1.807, 2.05) is 24.3 Å². The van der Waals surface area contributed by atoms with Crippen LogP contribution >= 0.6 is 0 Å². The third kappa shape index (κ3) is 2.52. The molecule has 2 aromatic carbocycles. The van der Waals surface area contributed by atoms with Crippen LogP contribution in [0.4, 0.5) is 8.78 Å². The number of imidazole rings is 1. The molecule has 0 radical (unpaired) electrons. The van der Waals surface area contributed by atoms with Gasteiger partial charge >= 0.3 is 0 Å². The van der Waals surface area contributed by atoms with Gasteiger partial charge in [0.15, 0.2) is 0 Å². The summed E-state index contributed by atoms with van der Waals surface area (Å²) in [4.78, 5) is 19.9. The van der Waals surface area contributed by atoms with Crippen molar-refractivity contribution in [2.75, 3.05) is 13.7 Å². The van der Waals surface area contributed by atoms with E-state index in [1.165, 1.54) is 7.11 Å². The maximum absolute atomic E-state index is 14.5. The molecule has 0 bridgehead atoms. The van der Waals surface area contributed by atoms with E-state index in [4.69, 9.17) is 4.74 Å². The van der Waals surface area contributed by atoms with E-state index < -0.39 is 23.5 Å². The molecular formula is C18H15F2N3O2. The number of aromatic amines is 1. The highest BCUT2D eigenvalue weighted by Crippen LogP contribution is 2.39. The van der Waals surface area contributed by atoms with Gasteiger partial charge in [0.1, 0.15) is 29.1 Å². The zero-order valence-corrected chi connectivity index (χ0v) is 13.3. The Bertz CT molecular complexity index is 914. The number of hydrogen-bond acceptors (Lipinski definition) is 3. The number of carbonyl (C=O) groups is 1. The second-order valence-electron chi connectivity index (χ2n) is 5.97. The van der Waals surface area contributed by atoms with E-state index in [9.17, 15) is 13.6 Å². The molecule has 0 spiro atoms. The van der Waals surface area contributed by atoms with E-state index in [0.29, 0.717) is 11.3 Å². The minimum absolute atomic E-state index is 0.0938. The Balaban J connectivity index is 1.80. The van der Waals surface area contributed by atoms with Gasteiger partial charge in [0.05, 0.1) is 18.1 Å². The molecule has 128 valence electrons. The van der Waals surface area contributed by atoms with Gasteiger partial charge in [-0.2, -0.15) is 0 Å². The van der Waals surface area contributed by atoms with Crippen LogP contribution < -0.4 is 10.1 Å². The first-order chi connectivity index (χ1) is 12.1. The van der Waals surface area contributed by atoms with Crippen LogP contribution in [0.1, 0.15) is 23.2 Å². The minimum atomic E-state index is -0.787. The number of benzene rings is 2. The average Bonchev–Trinajstić information content (AvgIpc) is 3.17. The Kier molecular flexibility index (Phi) is 3.63. The lowest BCUT2D eigenvalue weighted by Gasteiger charge is -2.17. The first-order valence-corrected chi connectivity index (χ1v) is 7.83. The Labute approximate surface area is 142 Å². The quantitative estimate of drug-likeness (QED) is 0.768. The number of nitrogens with zero attached hydrogens (tertiary/aromatic N) is 1.